The number of hydrogen-bond acceptors (Lipinski definition) is 9. The molecule has 0 unspecified atom stereocenters. The third-order valence-corrected chi connectivity index (χ3v) is 5.18. The van der Waals surface area contributed by atoms with Gasteiger partial charge < -0.3 is 14.2 Å². The van der Waals surface area contributed by atoms with Crippen LogP contribution >= 0.6 is 34.8 Å². The molecule has 222 valence electrons. The summed E-state index contributed by atoms with van der Waals surface area (Å²) in [5, 5.41) is -0.0160. The minimum Gasteiger partial charge on any atom is -0.497 e. The van der Waals surface area contributed by atoms with Gasteiger partial charge in [-0.2, -0.15) is 28.1 Å². The number of hydrogen-bond donors (Lipinski definition) is 0. The molecule has 9 nitrogen and oxygen atoms in total. The highest BCUT2D eigenvalue weighted by atomic mass is 35.5. The van der Waals surface area contributed by atoms with Crippen molar-refractivity contribution in [2.75, 3.05) is 20.8 Å². The van der Waals surface area contributed by atoms with E-state index in [1.807, 2.05) is 24.3 Å². The molecule has 2 aromatic carbocycles. The van der Waals surface area contributed by atoms with Crippen molar-refractivity contribution in [3.8, 4) is 17.5 Å². The lowest BCUT2D eigenvalue weighted by Gasteiger charge is -2.08. The molecule has 4 rings (SSSR count). The third kappa shape index (κ3) is 12.7. The summed E-state index contributed by atoms with van der Waals surface area (Å²) in [6.45, 7) is -1.49. The fraction of sp³-hybridized carbons (Fsp3) is 0.308. The number of benzene rings is 2. The summed E-state index contributed by atoms with van der Waals surface area (Å²) in [6.07, 6.45) is -3.66. The van der Waals surface area contributed by atoms with Crippen LogP contribution in [0.2, 0.25) is 15.9 Å². The Morgan fingerprint density at radius 1 is 0.610 bits per heavy atom. The summed E-state index contributed by atoms with van der Waals surface area (Å²) < 4.78 is 50.9. The molecule has 0 aliphatic carbocycles. The van der Waals surface area contributed by atoms with Gasteiger partial charge in [0.15, 0.2) is 6.61 Å². The minimum absolute atomic E-state index is 0. The van der Waals surface area contributed by atoms with Crippen molar-refractivity contribution in [2.24, 2.45) is 0 Å². The van der Waals surface area contributed by atoms with Crippen molar-refractivity contribution in [1.29, 1.82) is 0 Å². The largest absolute Gasteiger partial charge is 0.497 e. The Hall–Kier alpha value is -3.48. The lowest BCUT2D eigenvalue weighted by molar-refractivity contribution is -0.154. The van der Waals surface area contributed by atoms with E-state index >= 15 is 0 Å². The molecular formula is C26H28Cl3F3N6O3. The van der Waals surface area contributed by atoms with Gasteiger partial charge >= 0.3 is 12.2 Å². The molecule has 4 aromatic rings. The van der Waals surface area contributed by atoms with Crippen molar-refractivity contribution < 1.29 is 27.4 Å². The van der Waals surface area contributed by atoms with Gasteiger partial charge in [0, 0.05) is 12.8 Å². The molecule has 2 aromatic heterocycles. The lowest BCUT2D eigenvalue weighted by Crippen LogP contribution is -2.20. The number of alkyl halides is 3. The predicted molar refractivity (Wildman–Crippen MR) is 151 cm³/mol. The molecule has 0 fully saturated rings. The van der Waals surface area contributed by atoms with Crippen LogP contribution in [0.1, 0.15) is 37.6 Å². The van der Waals surface area contributed by atoms with Gasteiger partial charge in [0.1, 0.15) is 23.1 Å². The van der Waals surface area contributed by atoms with Gasteiger partial charge in [-0.1, -0.05) is 39.1 Å². The molecule has 0 bridgehead atoms. The normalized spacial score (nSPS) is 10.3. The zero-order valence-electron chi connectivity index (χ0n) is 20.4. The highest BCUT2D eigenvalue weighted by Gasteiger charge is 2.29. The molecule has 2 heterocycles. The van der Waals surface area contributed by atoms with Crippen LogP contribution in [-0.2, 0) is 12.8 Å². The smallest absolute Gasteiger partial charge is 0.422 e. The van der Waals surface area contributed by atoms with E-state index in [-0.39, 0.29) is 42.9 Å². The zero-order valence-corrected chi connectivity index (χ0v) is 22.7. The van der Waals surface area contributed by atoms with Crippen LogP contribution < -0.4 is 14.2 Å². The van der Waals surface area contributed by atoms with E-state index in [1.165, 1.54) is 0 Å². The van der Waals surface area contributed by atoms with E-state index in [0.717, 1.165) is 16.9 Å². The fourth-order valence-electron chi connectivity index (χ4n) is 2.96. The number of ether oxygens (including phenoxy) is 3. The first-order valence-corrected chi connectivity index (χ1v) is 12.1. The maximum atomic E-state index is 12.1. The topological polar surface area (TPSA) is 105 Å². The Morgan fingerprint density at radius 2 is 1.00 bits per heavy atom. The van der Waals surface area contributed by atoms with Crippen LogP contribution in [0.5, 0.6) is 17.5 Å². The summed E-state index contributed by atoms with van der Waals surface area (Å²) in [6, 6.07) is 14.2. The van der Waals surface area contributed by atoms with Crippen molar-refractivity contribution in [3.63, 3.8) is 0 Å². The molecule has 0 saturated heterocycles. The molecule has 0 N–H and O–H groups in total. The number of nitrogens with zero attached hydrogens (tertiary/aromatic N) is 6. The van der Waals surface area contributed by atoms with Gasteiger partial charge in [-0.05, 0) is 70.2 Å². The van der Waals surface area contributed by atoms with Gasteiger partial charge in [-0.3, -0.25) is 0 Å². The van der Waals surface area contributed by atoms with Gasteiger partial charge in [0.2, 0.25) is 15.9 Å². The summed E-state index contributed by atoms with van der Waals surface area (Å²) >= 11 is 17.1. The zero-order chi connectivity index (χ0) is 28.4. The number of aromatic nitrogens is 6. The first-order valence-electron chi connectivity index (χ1n) is 10.9. The SMILES string of the molecule is C.C.COc1ccc(Cc2nc(Cl)nc(Cl)n2)cc1.COc1ccc(Cc2nc(Cl)nc(OCC(F)(F)F)n2)cc1. The van der Waals surface area contributed by atoms with E-state index in [1.54, 1.807) is 38.5 Å². The molecule has 0 amide bonds. The Balaban J connectivity index is 0.000000402. The molecule has 0 aliphatic rings. The lowest BCUT2D eigenvalue weighted by atomic mass is 10.1. The highest BCUT2D eigenvalue weighted by Crippen LogP contribution is 2.19. The second kappa shape index (κ2) is 16.7. The highest BCUT2D eigenvalue weighted by molar-refractivity contribution is 6.31. The average molecular weight is 636 g/mol. The number of halogens is 6. The molecule has 0 radical (unpaired) electrons. The van der Waals surface area contributed by atoms with E-state index < -0.39 is 18.8 Å². The minimum atomic E-state index is -4.48. The summed E-state index contributed by atoms with van der Waals surface area (Å²) in [5.74, 6) is 2.24. The molecular weight excluding hydrogens is 608 g/mol. The van der Waals surface area contributed by atoms with Crippen molar-refractivity contribution in [2.45, 2.75) is 33.9 Å². The summed E-state index contributed by atoms with van der Waals surface area (Å²) in [5.41, 5.74) is 1.88. The standard InChI is InChI=1S/C13H11ClF3N3O2.C11H9Cl2N3O.2CH4/c1-21-9-4-2-8(3-5-9)6-10-18-11(14)20-12(19-10)22-7-13(15,16)17;1-17-8-4-2-7(3-5-8)6-9-14-10(12)16-11(13)15-9;;/h2-5H,6-7H2,1H3;2-5H,6H2,1H3;2*1H4. The van der Waals surface area contributed by atoms with Crippen LogP contribution in [0.25, 0.3) is 0 Å². The molecule has 0 aliphatic heterocycles. The van der Waals surface area contributed by atoms with E-state index in [2.05, 4.69) is 34.6 Å². The maximum absolute atomic E-state index is 12.1. The Labute approximate surface area is 251 Å². The molecule has 15 heteroatoms. The van der Waals surface area contributed by atoms with Crippen LogP contribution in [0.15, 0.2) is 48.5 Å². The van der Waals surface area contributed by atoms with Crippen LogP contribution in [0, 0.1) is 0 Å². The average Bonchev–Trinajstić information content (AvgIpc) is 2.87. The van der Waals surface area contributed by atoms with Crippen molar-refractivity contribution >= 4 is 34.8 Å². The fourth-order valence-corrected chi connectivity index (χ4v) is 3.52. The monoisotopic (exact) mass is 634 g/mol. The first kappa shape index (κ1) is 35.5. The Kier molecular flexibility index (Phi) is 14.5. The Morgan fingerprint density at radius 3 is 1.39 bits per heavy atom. The molecule has 0 saturated carbocycles. The second-order valence-electron chi connectivity index (χ2n) is 7.55. The number of methoxy groups -OCH3 is 2. The van der Waals surface area contributed by atoms with Gasteiger partial charge in [0.05, 0.1) is 14.2 Å². The van der Waals surface area contributed by atoms with Crippen LogP contribution in [0.4, 0.5) is 13.2 Å². The molecule has 0 atom stereocenters. The van der Waals surface area contributed by atoms with E-state index in [0.29, 0.717) is 18.0 Å². The van der Waals surface area contributed by atoms with Crippen molar-refractivity contribution in [1.82, 2.24) is 29.9 Å². The maximum Gasteiger partial charge on any atom is 0.422 e. The first-order chi connectivity index (χ1) is 18.5. The van der Waals surface area contributed by atoms with Crippen LogP contribution in [-0.4, -0.2) is 56.9 Å². The van der Waals surface area contributed by atoms with Crippen molar-refractivity contribution in [3.05, 3.63) is 87.2 Å². The van der Waals surface area contributed by atoms with Gasteiger partial charge in [-0.15, -0.1) is 0 Å². The Bertz CT molecular complexity index is 1350. The summed E-state index contributed by atoms with van der Waals surface area (Å²) in [7, 11) is 3.17. The molecule has 0 spiro atoms. The quantitative estimate of drug-likeness (QED) is 0.200. The molecule has 41 heavy (non-hydrogen) atoms. The van der Waals surface area contributed by atoms with Crippen LogP contribution in [0.3, 0.4) is 0 Å². The van der Waals surface area contributed by atoms with Gasteiger partial charge in [-0.25, -0.2) is 15.0 Å². The third-order valence-electron chi connectivity index (χ3n) is 4.67. The van der Waals surface area contributed by atoms with E-state index in [9.17, 15) is 13.2 Å². The second-order valence-corrected chi connectivity index (χ2v) is 8.56. The van der Waals surface area contributed by atoms with E-state index in [4.69, 9.17) is 44.3 Å². The predicted octanol–water partition coefficient (Wildman–Crippen LogP) is 7.12. The number of rotatable bonds is 8. The summed E-state index contributed by atoms with van der Waals surface area (Å²) in [4.78, 5) is 22.9. The van der Waals surface area contributed by atoms with Gasteiger partial charge in [0.25, 0.3) is 0 Å².